The molecule has 8 nitrogen and oxygen atoms in total. The van der Waals surface area contributed by atoms with Crippen molar-refractivity contribution in [3.8, 4) is 0 Å². The van der Waals surface area contributed by atoms with Gasteiger partial charge in [-0.25, -0.2) is 0 Å². The van der Waals surface area contributed by atoms with Crippen LogP contribution in [0, 0.1) is 0 Å². The Kier molecular flexibility index (Phi) is 4.20. The fourth-order valence-corrected chi connectivity index (χ4v) is 2.71. The Hall–Kier alpha value is -0.490. The summed E-state index contributed by atoms with van der Waals surface area (Å²) in [5.74, 6) is -1.08. The van der Waals surface area contributed by atoms with Crippen LogP contribution >= 0.6 is 15.2 Å². The fraction of sp³-hybridized carbons (Fsp3) is 0.250. The van der Waals surface area contributed by atoms with E-state index in [1.807, 2.05) is 0 Å². The van der Waals surface area contributed by atoms with E-state index < -0.39 is 26.6 Å². The summed E-state index contributed by atoms with van der Waals surface area (Å²) < 4.78 is 21.2. The van der Waals surface area contributed by atoms with Crippen molar-refractivity contribution in [2.75, 3.05) is 0 Å². The van der Waals surface area contributed by atoms with E-state index in [0.717, 1.165) is 0 Å². The first-order valence-electron chi connectivity index (χ1n) is 3.12. The highest BCUT2D eigenvalue weighted by Crippen LogP contribution is 2.58. The Balaban J connectivity index is 4.96. The van der Waals surface area contributed by atoms with Crippen LogP contribution in [0.15, 0.2) is 12.7 Å². The molecule has 14 heavy (non-hydrogen) atoms. The largest absolute Gasteiger partial charge is 0.360 e. The first-order valence-corrected chi connectivity index (χ1v) is 6.48. The van der Waals surface area contributed by atoms with Crippen LogP contribution in [0.4, 0.5) is 0 Å². The topological polar surface area (TPSA) is 144 Å². The predicted octanol–water partition coefficient (Wildman–Crippen LogP) is -1.07. The first kappa shape index (κ1) is 13.5. The van der Waals surface area contributed by atoms with Gasteiger partial charge in [0, 0.05) is 0 Å². The molecule has 0 aromatic rings. The summed E-state index contributed by atoms with van der Waals surface area (Å²) in [6.07, 6.45) is 0.637. The summed E-state index contributed by atoms with van der Waals surface area (Å²) >= 11 is 0. The average Bonchev–Trinajstić information content (AvgIpc) is 1.95. The van der Waals surface area contributed by atoms with Crippen LogP contribution in [-0.4, -0.2) is 31.0 Å². The molecule has 0 aromatic heterocycles. The molecule has 0 bridgehead atoms. The van der Waals surface area contributed by atoms with Crippen molar-refractivity contribution in [3.05, 3.63) is 12.7 Å². The number of nitrogens with one attached hydrogen (secondary N) is 1. The molecular formula is C4H9NO7P2. The summed E-state index contributed by atoms with van der Waals surface area (Å²) in [5.41, 5.74) is -2.53. The third kappa shape index (κ3) is 4.15. The third-order valence-corrected chi connectivity index (χ3v) is 4.43. The van der Waals surface area contributed by atoms with Gasteiger partial charge in [-0.15, -0.1) is 0 Å². The van der Waals surface area contributed by atoms with Crippen molar-refractivity contribution in [1.29, 1.82) is 0 Å². The number of carbonyl (C=O) groups excluding carboxylic acids is 1. The maximum atomic E-state index is 10.6. The molecule has 0 aliphatic carbocycles. The molecular weight excluding hydrogens is 236 g/mol. The monoisotopic (exact) mass is 245 g/mol. The third-order valence-electron chi connectivity index (χ3n) is 1.09. The second-order valence-corrected chi connectivity index (χ2v) is 6.06. The molecule has 0 spiro atoms. The molecule has 0 aliphatic rings. The van der Waals surface area contributed by atoms with Crippen LogP contribution in [0.5, 0.6) is 0 Å². The highest BCUT2D eigenvalue weighted by molar-refractivity contribution is 7.70. The number of rotatable bonds is 4. The standard InChI is InChI=1S/C4H9NO7P2/c1-2-3(6)5-4(13(7,8)9)14(10,11)12/h2,4H,1H2,(H,5,6)(H2,7,8,9)(H2,10,11,12). The molecule has 0 heterocycles. The normalized spacial score (nSPS) is 12.6. The van der Waals surface area contributed by atoms with Crippen LogP contribution in [-0.2, 0) is 13.9 Å². The van der Waals surface area contributed by atoms with Gasteiger partial charge in [0.15, 0.2) is 0 Å². The lowest BCUT2D eigenvalue weighted by Crippen LogP contribution is -2.33. The number of carbonyl (C=O) groups is 1. The number of amides is 1. The lowest BCUT2D eigenvalue weighted by Gasteiger charge is -2.19. The molecule has 0 radical (unpaired) electrons. The molecule has 0 unspecified atom stereocenters. The van der Waals surface area contributed by atoms with Gasteiger partial charge >= 0.3 is 15.2 Å². The Morgan fingerprint density at radius 2 is 1.57 bits per heavy atom. The summed E-state index contributed by atoms with van der Waals surface area (Å²) in [4.78, 5) is 44.7. The van der Waals surface area contributed by atoms with Gasteiger partial charge < -0.3 is 24.9 Å². The molecule has 0 saturated carbocycles. The van der Waals surface area contributed by atoms with Crippen molar-refractivity contribution in [3.63, 3.8) is 0 Å². The molecule has 10 heteroatoms. The predicted molar refractivity (Wildman–Crippen MR) is 46.2 cm³/mol. The molecule has 0 fully saturated rings. The Labute approximate surface area is 79.0 Å². The highest BCUT2D eigenvalue weighted by atomic mass is 31.2. The second kappa shape index (κ2) is 4.35. The Bertz CT molecular complexity index is 305. The van der Waals surface area contributed by atoms with Crippen molar-refractivity contribution < 1.29 is 33.5 Å². The zero-order chi connectivity index (χ0) is 11.6. The van der Waals surface area contributed by atoms with E-state index in [4.69, 9.17) is 19.6 Å². The first-order chi connectivity index (χ1) is 6.09. The van der Waals surface area contributed by atoms with Gasteiger partial charge in [-0.05, 0) is 6.08 Å². The van der Waals surface area contributed by atoms with Crippen molar-refractivity contribution in [2.45, 2.75) is 5.52 Å². The van der Waals surface area contributed by atoms with E-state index >= 15 is 0 Å². The second-order valence-electron chi connectivity index (χ2n) is 2.26. The molecule has 1 amide bonds. The van der Waals surface area contributed by atoms with Gasteiger partial charge in [-0.1, -0.05) is 6.58 Å². The van der Waals surface area contributed by atoms with Gasteiger partial charge in [-0.3, -0.25) is 13.9 Å². The Morgan fingerprint density at radius 3 is 1.79 bits per heavy atom. The minimum Gasteiger partial charge on any atom is -0.329 e. The maximum Gasteiger partial charge on any atom is 0.360 e. The fourth-order valence-electron chi connectivity index (χ4n) is 0.550. The quantitative estimate of drug-likeness (QED) is 0.313. The SMILES string of the molecule is C=CC(=O)NC(P(=O)(O)O)P(=O)(O)O. The van der Waals surface area contributed by atoms with Crippen LogP contribution < -0.4 is 5.32 Å². The molecule has 0 aromatic carbocycles. The van der Waals surface area contributed by atoms with Gasteiger partial charge in [0.2, 0.25) is 11.4 Å². The average molecular weight is 245 g/mol. The van der Waals surface area contributed by atoms with Gasteiger partial charge in [0.25, 0.3) is 0 Å². The minimum absolute atomic E-state index is 0.637. The Morgan fingerprint density at radius 1 is 1.21 bits per heavy atom. The van der Waals surface area contributed by atoms with E-state index in [-0.39, 0.29) is 0 Å². The van der Waals surface area contributed by atoms with Crippen LogP contribution in [0.25, 0.3) is 0 Å². The summed E-state index contributed by atoms with van der Waals surface area (Å²) in [7, 11) is -10.2. The van der Waals surface area contributed by atoms with Crippen LogP contribution in [0.1, 0.15) is 0 Å². The minimum atomic E-state index is -5.11. The van der Waals surface area contributed by atoms with Crippen molar-refractivity contribution in [2.24, 2.45) is 0 Å². The van der Waals surface area contributed by atoms with E-state index in [2.05, 4.69) is 6.58 Å². The molecule has 82 valence electrons. The molecule has 5 N–H and O–H groups in total. The van der Waals surface area contributed by atoms with Gasteiger partial charge in [0.1, 0.15) is 0 Å². The smallest absolute Gasteiger partial charge is 0.329 e. The van der Waals surface area contributed by atoms with Crippen LogP contribution in [0.2, 0.25) is 0 Å². The number of hydrogen-bond acceptors (Lipinski definition) is 3. The maximum absolute atomic E-state index is 10.6. The zero-order valence-electron chi connectivity index (χ0n) is 6.77. The van der Waals surface area contributed by atoms with Gasteiger partial charge in [0.05, 0.1) is 0 Å². The summed E-state index contributed by atoms with van der Waals surface area (Å²) in [5, 5.41) is 1.46. The highest BCUT2D eigenvalue weighted by Gasteiger charge is 2.44. The molecule has 0 rings (SSSR count). The molecule has 0 atom stereocenters. The lowest BCUT2D eigenvalue weighted by atomic mass is 10.6. The van der Waals surface area contributed by atoms with Crippen LogP contribution in [0.3, 0.4) is 0 Å². The summed E-state index contributed by atoms with van der Waals surface area (Å²) in [6.45, 7) is 2.96. The van der Waals surface area contributed by atoms with E-state index in [9.17, 15) is 13.9 Å². The van der Waals surface area contributed by atoms with E-state index in [1.165, 1.54) is 5.32 Å². The summed E-state index contributed by atoms with van der Waals surface area (Å²) in [6, 6.07) is 0. The van der Waals surface area contributed by atoms with Crippen molar-refractivity contribution >= 4 is 21.1 Å². The van der Waals surface area contributed by atoms with Crippen molar-refractivity contribution in [1.82, 2.24) is 5.32 Å². The number of hydrogen-bond donors (Lipinski definition) is 5. The van der Waals surface area contributed by atoms with E-state index in [0.29, 0.717) is 6.08 Å². The zero-order valence-corrected chi connectivity index (χ0v) is 8.56. The van der Waals surface area contributed by atoms with Gasteiger partial charge in [-0.2, -0.15) is 0 Å². The van der Waals surface area contributed by atoms with E-state index in [1.54, 1.807) is 0 Å². The lowest BCUT2D eigenvalue weighted by molar-refractivity contribution is -0.116. The molecule has 0 saturated heterocycles. The molecule has 0 aliphatic heterocycles.